The van der Waals surface area contributed by atoms with Crippen molar-refractivity contribution in [3.63, 3.8) is 0 Å². The number of hydrogen-bond acceptors (Lipinski definition) is 6. The molecule has 1 aliphatic rings. The number of carbonyl (C=O) groups excluding carboxylic acids is 2. The second-order valence-corrected chi connectivity index (χ2v) is 6.06. The molecule has 2 heterocycles. The van der Waals surface area contributed by atoms with E-state index in [1.807, 2.05) is 17.5 Å². The predicted molar refractivity (Wildman–Crippen MR) is 79.4 cm³/mol. The minimum absolute atomic E-state index is 0.0363. The minimum atomic E-state index is -0.297. The molecular formula is C13H15NO4S2. The normalized spacial score (nSPS) is 15.6. The Labute approximate surface area is 125 Å². The zero-order chi connectivity index (χ0) is 14.5. The molecule has 0 aromatic carbocycles. The summed E-state index contributed by atoms with van der Waals surface area (Å²) in [7, 11) is 1.53. The third-order valence-corrected chi connectivity index (χ3v) is 4.69. The van der Waals surface area contributed by atoms with Crippen LogP contribution >= 0.6 is 23.1 Å². The molecule has 0 aliphatic carbocycles. The van der Waals surface area contributed by atoms with Crippen LogP contribution in [0.1, 0.15) is 4.88 Å². The van der Waals surface area contributed by atoms with Crippen LogP contribution in [0.4, 0.5) is 0 Å². The Hall–Kier alpha value is -1.15. The maximum absolute atomic E-state index is 12.4. The highest BCUT2D eigenvalue weighted by Crippen LogP contribution is 2.37. The van der Waals surface area contributed by atoms with Crippen LogP contribution in [-0.2, 0) is 14.3 Å². The number of methoxy groups -OCH3 is 1. The molecule has 108 valence electrons. The number of thioether (sulfide) groups is 1. The number of hydrogen-bond donors (Lipinski definition) is 1. The lowest BCUT2D eigenvalue weighted by Crippen LogP contribution is -2.34. The first-order chi connectivity index (χ1) is 9.70. The Balaban J connectivity index is 2.31. The summed E-state index contributed by atoms with van der Waals surface area (Å²) in [6, 6.07) is 3.67. The maximum Gasteiger partial charge on any atom is 0.268 e. The molecule has 7 heteroatoms. The van der Waals surface area contributed by atoms with E-state index in [0.29, 0.717) is 22.8 Å². The Morgan fingerprint density at radius 3 is 2.80 bits per heavy atom. The van der Waals surface area contributed by atoms with Crippen LogP contribution in [0.2, 0.25) is 0 Å². The molecule has 0 atom stereocenters. The summed E-state index contributed by atoms with van der Waals surface area (Å²) in [5.41, 5.74) is 0.444. The van der Waals surface area contributed by atoms with Crippen LogP contribution < -0.4 is 0 Å². The van der Waals surface area contributed by atoms with Crippen LogP contribution in [0.25, 0.3) is 5.57 Å². The Bertz CT molecular complexity index is 524. The fourth-order valence-electron chi connectivity index (χ4n) is 1.86. The van der Waals surface area contributed by atoms with Gasteiger partial charge in [-0.15, -0.1) is 23.1 Å². The van der Waals surface area contributed by atoms with E-state index in [-0.39, 0.29) is 25.0 Å². The minimum Gasteiger partial charge on any atom is -0.396 e. The third kappa shape index (κ3) is 2.95. The number of aliphatic hydroxyl groups excluding tert-OH is 1. The molecule has 0 fully saturated rings. The van der Waals surface area contributed by atoms with Gasteiger partial charge in [0.25, 0.3) is 11.8 Å². The number of amides is 2. The standard InChI is InChI=1S/C13H15NO4S2/c1-18-6-4-14-12(16)10(9-3-2-7-19-9)11(13(14)17)20-8-5-15/h2-3,7,15H,4-6,8H2,1H3. The van der Waals surface area contributed by atoms with Crippen LogP contribution in [0.5, 0.6) is 0 Å². The van der Waals surface area contributed by atoms with Crippen LogP contribution in [0.3, 0.4) is 0 Å². The molecule has 0 saturated carbocycles. The highest BCUT2D eigenvalue weighted by molar-refractivity contribution is 8.04. The fourth-order valence-corrected chi connectivity index (χ4v) is 3.56. The Kier molecular flexibility index (Phi) is 5.36. The van der Waals surface area contributed by atoms with Crippen molar-refractivity contribution in [2.45, 2.75) is 0 Å². The first-order valence-electron chi connectivity index (χ1n) is 6.07. The number of ether oxygens (including phenoxy) is 1. The first-order valence-corrected chi connectivity index (χ1v) is 7.94. The van der Waals surface area contributed by atoms with E-state index in [4.69, 9.17) is 9.84 Å². The second kappa shape index (κ2) is 7.03. The van der Waals surface area contributed by atoms with Crippen molar-refractivity contribution in [3.05, 3.63) is 27.3 Å². The molecular weight excluding hydrogens is 298 g/mol. The summed E-state index contributed by atoms with van der Waals surface area (Å²) in [5.74, 6) is -0.190. The van der Waals surface area contributed by atoms with E-state index in [1.54, 1.807) is 0 Å². The summed E-state index contributed by atoms with van der Waals surface area (Å²) in [4.78, 5) is 27.2. The van der Waals surface area contributed by atoms with Crippen LogP contribution in [0, 0.1) is 0 Å². The van der Waals surface area contributed by atoms with E-state index >= 15 is 0 Å². The number of aliphatic hydroxyl groups is 1. The van der Waals surface area contributed by atoms with Gasteiger partial charge in [0.1, 0.15) is 0 Å². The fraction of sp³-hybridized carbons (Fsp3) is 0.385. The van der Waals surface area contributed by atoms with Gasteiger partial charge >= 0.3 is 0 Å². The monoisotopic (exact) mass is 313 g/mol. The largest absolute Gasteiger partial charge is 0.396 e. The lowest BCUT2D eigenvalue weighted by Gasteiger charge is -2.13. The maximum atomic E-state index is 12.4. The van der Waals surface area contributed by atoms with E-state index in [1.165, 1.54) is 35.1 Å². The van der Waals surface area contributed by atoms with E-state index < -0.39 is 0 Å². The zero-order valence-corrected chi connectivity index (χ0v) is 12.6. The predicted octanol–water partition coefficient (Wildman–Crippen LogP) is 1.20. The van der Waals surface area contributed by atoms with Crippen molar-refractivity contribution in [1.82, 2.24) is 4.90 Å². The molecule has 0 bridgehead atoms. The molecule has 0 spiro atoms. The van der Waals surface area contributed by atoms with Gasteiger partial charge in [0.2, 0.25) is 0 Å². The van der Waals surface area contributed by atoms with E-state index in [2.05, 4.69) is 0 Å². The van der Waals surface area contributed by atoms with Gasteiger partial charge in [0.05, 0.1) is 30.2 Å². The first kappa shape index (κ1) is 15.2. The van der Waals surface area contributed by atoms with Gasteiger partial charge in [0.15, 0.2) is 0 Å². The SMILES string of the molecule is COCCN1C(=O)C(SCCO)=C(c2cccs2)C1=O. The Morgan fingerprint density at radius 2 is 2.20 bits per heavy atom. The molecule has 0 saturated heterocycles. The van der Waals surface area contributed by atoms with Crippen molar-refractivity contribution in [3.8, 4) is 0 Å². The van der Waals surface area contributed by atoms with Crippen molar-refractivity contribution in [2.24, 2.45) is 0 Å². The number of rotatable bonds is 7. The average molecular weight is 313 g/mol. The van der Waals surface area contributed by atoms with Gasteiger partial charge < -0.3 is 9.84 Å². The molecule has 20 heavy (non-hydrogen) atoms. The summed E-state index contributed by atoms with van der Waals surface area (Å²) in [5, 5.41) is 10.8. The van der Waals surface area contributed by atoms with Gasteiger partial charge in [0, 0.05) is 17.7 Å². The zero-order valence-electron chi connectivity index (χ0n) is 11.0. The quantitative estimate of drug-likeness (QED) is 0.766. The average Bonchev–Trinajstić information content (AvgIpc) is 3.03. The summed E-state index contributed by atoms with van der Waals surface area (Å²) < 4.78 is 4.93. The number of carbonyl (C=O) groups is 2. The second-order valence-electron chi connectivity index (χ2n) is 4.01. The lowest BCUT2D eigenvalue weighted by atomic mass is 10.2. The lowest BCUT2D eigenvalue weighted by molar-refractivity contribution is -0.137. The topological polar surface area (TPSA) is 66.8 Å². The summed E-state index contributed by atoms with van der Waals surface area (Å²) in [6.45, 7) is 0.519. The smallest absolute Gasteiger partial charge is 0.268 e. The molecule has 1 aromatic heterocycles. The van der Waals surface area contributed by atoms with Gasteiger partial charge in [-0.05, 0) is 11.4 Å². The van der Waals surface area contributed by atoms with Crippen molar-refractivity contribution < 1.29 is 19.4 Å². The van der Waals surface area contributed by atoms with Gasteiger partial charge in [-0.2, -0.15) is 0 Å². The molecule has 1 aromatic rings. The van der Waals surface area contributed by atoms with E-state index in [0.717, 1.165) is 4.88 Å². The number of nitrogens with zero attached hydrogens (tertiary/aromatic N) is 1. The molecule has 5 nitrogen and oxygen atoms in total. The number of thiophene rings is 1. The van der Waals surface area contributed by atoms with Crippen molar-refractivity contribution in [2.75, 3.05) is 32.6 Å². The van der Waals surface area contributed by atoms with Gasteiger partial charge in [-0.1, -0.05) is 6.07 Å². The summed E-state index contributed by atoms with van der Waals surface area (Å²) >= 11 is 2.65. The van der Waals surface area contributed by atoms with Gasteiger partial charge in [-0.3, -0.25) is 14.5 Å². The van der Waals surface area contributed by atoms with Crippen molar-refractivity contribution in [1.29, 1.82) is 0 Å². The molecule has 1 N–H and O–H groups in total. The van der Waals surface area contributed by atoms with Crippen molar-refractivity contribution >= 4 is 40.5 Å². The highest BCUT2D eigenvalue weighted by Gasteiger charge is 2.39. The molecule has 2 amide bonds. The third-order valence-electron chi connectivity index (χ3n) is 2.75. The van der Waals surface area contributed by atoms with E-state index in [9.17, 15) is 9.59 Å². The molecule has 2 rings (SSSR count). The molecule has 0 unspecified atom stereocenters. The molecule has 0 radical (unpaired) electrons. The van der Waals surface area contributed by atoms with Crippen LogP contribution in [-0.4, -0.2) is 54.4 Å². The Morgan fingerprint density at radius 1 is 1.40 bits per heavy atom. The number of imide groups is 1. The summed E-state index contributed by atoms with van der Waals surface area (Å²) in [6.07, 6.45) is 0. The molecule has 1 aliphatic heterocycles. The van der Waals surface area contributed by atoms with Gasteiger partial charge in [-0.25, -0.2) is 0 Å². The highest BCUT2D eigenvalue weighted by atomic mass is 32.2. The van der Waals surface area contributed by atoms with Crippen LogP contribution in [0.15, 0.2) is 22.4 Å².